The molecule has 0 aliphatic heterocycles. The third-order valence-electron chi connectivity index (χ3n) is 3.36. The van der Waals surface area contributed by atoms with E-state index < -0.39 is 11.4 Å². The molecular weight excluding hydrogens is 284 g/mol. The molecule has 0 amide bonds. The van der Waals surface area contributed by atoms with Crippen LogP contribution in [0.1, 0.15) is 33.6 Å². The molecule has 0 aliphatic carbocycles. The molecule has 0 spiro atoms. The number of ether oxygens (including phenoxy) is 1. The molecule has 1 aromatic carbocycles. The Hall–Kier alpha value is -1.55. The van der Waals surface area contributed by atoms with Crippen LogP contribution < -0.4 is 0 Å². The van der Waals surface area contributed by atoms with Crippen molar-refractivity contribution in [2.75, 3.05) is 6.61 Å². The topological polar surface area (TPSA) is 43.4 Å². The molecule has 0 aliphatic rings. The van der Waals surface area contributed by atoms with Gasteiger partial charge in [0.1, 0.15) is 11.2 Å². The Morgan fingerprint density at radius 3 is 2.52 bits per heavy atom. The van der Waals surface area contributed by atoms with Crippen LogP contribution in [-0.2, 0) is 14.3 Å². The van der Waals surface area contributed by atoms with Crippen LogP contribution in [0, 0.1) is 5.41 Å². The maximum absolute atomic E-state index is 11.9. The van der Waals surface area contributed by atoms with E-state index in [1.54, 1.807) is 25.6 Å². The summed E-state index contributed by atoms with van der Waals surface area (Å²) in [7, 11) is 0. The second-order valence-electron chi connectivity index (χ2n) is 4.95. The van der Waals surface area contributed by atoms with E-state index >= 15 is 0 Å². The maximum atomic E-state index is 11.9. The van der Waals surface area contributed by atoms with Gasteiger partial charge in [-0.05, 0) is 51.2 Å². The Morgan fingerprint density at radius 1 is 1.29 bits per heavy atom. The van der Waals surface area contributed by atoms with Crippen molar-refractivity contribution in [1.29, 1.82) is 0 Å². The van der Waals surface area contributed by atoms with E-state index in [1.807, 2.05) is 41.8 Å². The Bertz CT molecular complexity index is 496. The lowest BCUT2D eigenvalue weighted by molar-refractivity contribution is -0.158. The Morgan fingerprint density at radius 2 is 1.95 bits per heavy atom. The van der Waals surface area contributed by atoms with Crippen molar-refractivity contribution in [3.8, 4) is 0 Å². The van der Waals surface area contributed by atoms with E-state index in [-0.39, 0.29) is 5.78 Å². The number of allylic oxidation sites excluding steroid dienone is 1. The van der Waals surface area contributed by atoms with Gasteiger partial charge < -0.3 is 4.74 Å². The molecule has 1 rings (SSSR count). The molecule has 0 heterocycles. The predicted octanol–water partition coefficient (Wildman–Crippen LogP) is 4.23. The molecule has 4 heteroatoms. The highest BCUT2D eigenvalue weighted by Gasteiger charge is 2.38. The summed E-state index contributed by atoms with van der Waals surface area (Å²) in [5.41, 5.74) is -1.04. The highest BCUT2D eigenvalue weighted by molar-refractivity contribution is 8.02. The van der Waals surface area contributed by atoms with Gasteiger partial charge in [0.2, 0.25) is 0 Å². The minimum atomic E-state index is -1.04. The van der Waals surface area contributed by atoms with Crippen LogP contribution in [0.4, 0.5) is 0 Å². The smallest absolute Gasteiger partial charge is 0.319 e. The number of benzene rings is 1. The van der Waals surface area contributed by atoms with Gasteiger partial charge in [0.15, 0.2) is 0 Å². The molecule has 3 nitrogen and oxygen atoms in total. The zero-order valence-electron chi connectivity index (χ0n) is 12.8. The normalized spacial score (nSPS) is 13.9. The Balaban J connectivity index is 2.51. The number of hydrogen-bond donors (Lipinski definition) is 0. The Labute approximate surface area is 130 Å². The van der Waals surface area contributed by atoms with E-state index in [0.717, 1.165) is 4.90 Å². The van der Waals surface area contributed by atoms with Crippen LogP contribution >= 0.6 is 11.8 Å². The molecule has 0 N–H and O–H groups in total. The third kappa shape index (κ3) is 5.38. The van der Waals surface area contributed by atoms with Crippen LogP contribution in [0.15, 0.2) is 46.7 Å². The lowest BCUT2D eigenvalue weighted by Crippen LogP contribution is -2.36. The summed E-state index contributed by atoms with van der Waals surface area (Å²) in [6.45, 7) is 5.14. The zero-order chi connectivity index (χ0) is 15.7. The van der Waals surface area contributed by atoms with Crippen molar-refractivity contribution in [3.05, 3.63) is 41.8 Å². The first-order chi connectivity index (χ1) is 10.0. The Kier molecular flexibility index (Phi) is 7.23. The van der Waals surface area contributed by atoms with Gasteiger partial charge in [-0.15, -0.1) is 0 Å². The van der Waals surface area contributed by atoms with Gasteiger partial charge in [0.05, 0.1) is 6.61 Å². The number of carbonyl (C=O) groups is 2. The van der Waals surface area contributed by atoms with E-state index in [9.17, 15) is 9.59 Å². The minimum Gasteiger partial charge on any atom is -0.465 e. The largest absolute Gasteiger partial charge is 0.465 e. The summed E-state index contributed by atoms with van der Waals surface area (Å²) in [5, 5.41) is 1.99. The van der Waals surface area contributed by atoms with Crippen molar-refractivity contribution < 1.29 is 14.3 Å². The number of esters is 1. The van der Waals surface area contributed by atoms with E-state index in [2.05, 4.69) is 0 Å². The van der Waals surface area contributed by atoms with Gasteiger partial charge >= 0.3 is 5.97 Å². The molecule has 1 aromatic rings. The molecule has 114 valence electrons. The highest BCUT2D eigenvalue weighted by Crippen LogP contribution is 2.27. The summed E-state index contributed by atoms with van der Waals surface area (Å²) in [6.07, 6.45) is 3.11. The number of ketones is 1. The molecule has 0 aromatic heterocycles. The van der Waals surface area contributed by atoms with Crippen LogP contribution in [-0.4, -0.2) is 18.4 Å². The van der Waals surface area contributed by atoms with Crippen LogP contribution in [0.25, 0.3) is 0 Å². The maximum Gasteiger partial charge on any atom is 0.319 e. The van der Waals surface area contributed by atoms with E-state index in [0.29, 0.717) is 19.4 Å². The monoisotopic (exact) mass is 306 g/mol. The van der Waals surface area contributed by atoms with Crippen LogP contribution in [0.3, 0.4) is 0 Å². The van der Waals surface area contributed by atoms with Crippen molar-refractivity contribution in [2.24, 2.45) is 5.41 Å². The molecule has 1 unspecified atom stereocenters. The highest BCUT2D eigenvalue weighted by atomic mass is 32.2. The van der Waals surface area contributed by atoms with Gasteiger partial charge in [-0.25, -0.2) is 0 Å². The molecule has 0 fully saturated rings. The van der Waals surface area contributed by atoms with Gasteiger partial charge in [-0.1, -0.05) is 36.0 Å². The van der Waals surface area contributed by atoms with Crippen molar-refractivity contribution >= 4 is 23.5 Å². The first kappa shape index (κ1) is 17.5. The van der Waals surface area contributed by atoms with Gasteiger partial charge in [-0.3, -0.25) is 9.59 Å². The lowest BCUT2D eigenvalue weighted by Gasteiger charge is -2.23. The second-order valence-corrected chi connectivity index (χ2v) is 5.93. The molecule has 21 heavy (non-hydrogen) atoms. The van der Waals surface area contributed by atoms with Crippen LogP contribution in [0.2, 0.25) is 0 Å². The summed E-state index contributed by atoms with van der Waals surface area (Å²) in [6, 6.07) is 10.0. The van der Waals surface area contributed by atoms with Gasteiger partial charge in [0, 0.05) is 4.90 Å². The van der Waals surface area contributed by atoms with Gasteiger partial charge in [0.25, 0.3) is 0 Å². The number of thioether (sulfide) groups is 1. The predicted molar refractivity (Wildman–Crippen MR) is 86.1 cm³/mol. The standard InChI is InChI=1S/C17H22O3S/c1-4-20-16(19)17(3,14(2)18)12-8-9-13-21-15-10-6-5-7-11-15/h5-7,9-11,13H,4,8,12H2,1-3H3/b13-9+. The molecule has 1 atom stereocenters. The van der Waals surface area contributed by atoms with Crippen LogP contribution in [0.5, 0.6) is 0 Å². The number of carbonyl (C=O) groups excluding carboxylic acids is 2. The number of Topliss-reactive ketones (excluding diaryl/α,β-unsaturated/α-hetero) is 1. The molecule has 0 radical (unpaired) electrons. The fraction of sp³-hybridized carbons (Fsp3) is 0.412. The lowest BCUT2D eigenvalue weighted by atomic mass is 9.82. The quantitative estimate of drug-likeness (QED) is 0.409. The summed E-state index contributed by atoms with van der Waals surface area (Å²) < 4.78 is 5.01. The van der Waals surface area contributed by atoms with E-state index in [1.165, 1.54) is 6.92 Å². The average molecular weight is 306 g/mol. The first-order valence-corrected chi connectivity index (χ1v) is 7.93. The summed E-state index contributed by atoms with van der Waals surface area (Å²) >= 11 is 1.62. The number of rotatable bonds is 8. The fourth-order valence-electron chi connectivity index (χ4n) is 1.78. The summed E-state index contributed by atoms with van der Waals surface area (Å²) in [4.78, 5) is 24.8. The molecule has 0 saturated heterocycles. The SMILES string of the molecule is CCOC(=O)C(C)(CC/C=C/Sc1ccccc1)C(C)=O. The van der Waals surface area contributed by atoms with Gasteiger partial charge in [-0.2, -0.15) is 0 Å². The fourth-order valence-corrected chi connectivity index (χ4v) is 2.48. The first-order valence-electron chi connectivity index (χ1n) is 7.05. The third-order valence-corrected chi connectivity index (χ3v) is 4.23. The molecular formula is C17H22O3S. The number of hydrogen-bond acceptors (Lipinski definition) is 4. The summed E-state index contributed by atoms with van der Waals surface area (Å²) in [5.74, 6) is -0.577. The molecule has 0 saturated carbocycles. The minimum absolute atomic E-state index is 0.148. The second kappa shape index (κ2) is 8.67. The zero-order valence-corrected chi connectivity index (χ0v) is 13.6. The van der Waals surface area contributed by atoms with Crippen molar-refractivity contribution in [1.82, 2.24) is 0 Å². The average Bonchev–Trinajstić information content (AvgIpc) is 2.47. The van der Waals surface area contributed by atoms with Crippen molar-refractivity contribution in [2.45, 2.75) is 38.5 Å². The van der Waals surface area contributed by atoms with Crippen molar-refractivity contribution in [3.63, 3.8) is 0 Å². The van der Waals surface area contributed by atoms with E-state index in [4.69, 9.17) is 4.74 Å². The molecule has 0 bridgehead atoms.